The van der Waals surface area contributed by atoms with Crippen LogP contribution in [-0.4, -0.2) is 31.1 Å². The molecule has 0 heterocycles. The van der Waals surface area contributed by atoms with Crippen LogP contribution in [0.5, 0.6) is 0 Å². The second-order valence-electron chi connectivity index (χ2n) is 2.40. The third-order valence-corrected chi connectivity index (χ3v) is 1.71. The number of aliphatic hydroxyl groups excluding tert-OH is 1. The zero-order chi connectivity index (χ0) is 7.49. The van der Waals surface area contributed by atoms with Gasteiger partial charge in [0.1, 0.15) is 0 Å². The van der Waals surface area contributed by atoms with E-state index in [4.69, 9.17) is 21.4 Å². The molecule has 1 N–H and O–H groups in total. The van der Waals surface area contributed by atoms with Crippen LogP contribution in [0, 0.1) is 0 Å². The summed E-state index contributed by atoms with van der Waals surface area (Å²) in [5.41, 5.74) is 0. The molecule has 0 spiro atoms. The van der Waals surface area contributed by atoms with E-state index in [1.807, 2.05) is 13.3 Å². The smallest absolute Gasteiger partial charge is 0.0775 e. The average Bonchev–Trinajstić information content (AvgIpc) is 1.59. The topological polar surface area (TPSA) is 29.5 Å². The van der Waals surface area contributed by atoms with Crippen molar-refractivity contribution in [1.82, 2.24) is 0 Å². The second kappa shape index (κ2) is 3.67. The Labute approximate surface area is 61.3 Å². The lowest BCUT2D eigenvalue weighted by atomic mass is 10.5. The Balaban J connectivity index is 3.40. The fourth-order valence-corrected chi connectivity index (χ4v) is 1.04. The van der Waals surface area contributed by atoms with E-state index in [1.165, 1.54) is 0 Å². The highest BCUT2D eigenvalue weighted by molar-refractivity contribution is 8.11. The lowest BCUT2D eigenvalue weighted by molar-refractivity contribution is 0.130. The van der Waals surface area contributed by atoms with Gasteiger partial charge in [-0.3, -0.25) is 0 Å². The SMILES string of the molecule is CC(O)COP(C)(C)=S. The first kappa shape index (κ1) is 9.57. The highest BCUT2D eigenvalue weighted by Gasteiger charge is 2.03. The molecule has 2 nitrogen and oxygen atoms in total. The molecule has 0 aliphatic carbocycles. The molecule has 56 valence electrons. The summed E-state index contributed by atoms with van der Waals surface area (Å²) >= 11 is 4.98. The van der Waals surface area contributed by atoms with Gasteiger partial charge in [-0.15, -0.1) is 0 Å². The van der Waals surface area contributed by atoms with Crippen molar-refractivity contribution >= 4 is 18.1 Å². The molecule has 0 aromatic carbocycles. The van der Waals surface area contributed by atoms with Crippen LogP contribution in [-0.2, 0) is 16.3 Å². The summed E-state index contributed by atoms with van der Waals surface area (Å²) in [6.45, 7) is 5.84. The first-order chi connectivity index (χ1) is 3.92. The molecule has 0 aromatic rings. The summed E-state index contributed by atoms with van der Waals surface area (Å²) < 4.78 is 5.17. The fraction of sp³-hybridized carbons (Fsp3) is 1.00. The first-order valence-electron chi connectivity index (χ1n) is 2.79. The Bertz CT molecular complexity index is 118. The van der Waals surface area contributed by atoms with Gasteiger partial charge < -0.3 is 9.63 Å². The Hall–Kier alpha value is 0.570. The summed E-state index contributed by atoms with van der Waals surface area (Å²) in [5, 5.41) is 8.76. The maximum Gasteiger partial charge on any atom is 0.0775 e. The Kier molecular flexibility index (Phi) is 3.90. The predicted octanol–water partition coefficient (Wildman–Crippen LogP) is 1.04. The molecule has 0 radical (unpaired) electrons. The summed E-state index contributed by atoms with van der Waals surface area (Å²) in [4.78, 5) is 0. The molecular weight excluding hydrogens is 155 g/mol. The second-order valence-corrected chi connectivity index (χ2v) is 7.80. The molecule has 0 amide bonds. The molecule has 0 aliphatic heterocycles. The van der Waals surface area contributed by atoms with E-state index < -0.39 is 12.4 Å². The maximum atomic E-state index is 8.76. The van der Waals surface area contributed by atoms with E-state index in [2.05, 4.69) is 0 Å². The maximum absolute atomic E-state index is 8.76. The van der Waals surface area contributed by atoms with Crippen molar-refractivity contribution in [1.29, 1.82) is 0 Å². The van der Waals surface area contributed by atoms with Crippen LogP contribution in [0.25, 0.3) is 0 Å². The number of hydrogen-bond donors (Lipinski definition) is 1. The lowest BCUT2D eigenvalue weighted by Gasteiger charge is -2.12. The van der Waals surface area contributed by atoms with Crippen LogP contribution >= 0.6 is 6.26 Å². The number of hydrogen-bond acceptors (Lipinski definition) is 3. The van der Waals surface area contributed by atoms with Gasteiger partial charge in [-0.25, -0.2) is 0 Å². The summed E-state index contributed by atoms with van der Waals surface area (Å²) in [7, 11) is 0. The summed E-state index contributed by atoms with van der Waals surface area (Å²) in [6, 6.07) is 0. The van der Waals surface area contributed by atoms with Crippen LogP contribution in [0.1, 0.15) is 6.92 Å². The molecule has 0 fully saturated rings. The average molecular weight is 168 g/mol. The van der Waals surface area contributed by atoms with Gasteiger partial charge in [0.25, 0.3) is 0 Å². The van der Waals surface area contributed by atoms with Gasteiger partial charge in [-0.2, -0.15) is 0 Å². The molecule has 0 bridgehead atoms. The van der Waals surface area contributed by atoms with Crippen LogP contribution in [0.15, 0.2) is 0 Å². The van der Waals surface area contributed by atoms with Crippen molar-refractivity contribution in [3.63, 3.8) is 0 Å². The van der Waals surface area contributed by atoms with Crippen LogP contribution < -0.4 is 0 Å². The van der Waals surface area contributed by atoms with Gasteiger partial charge in [0.15, 0.2) is 0 Å². The van der Waals surface area contributed by atoms with Crippen molar-refractivity contribution in [2.45, 2.75) is 13.0 Å². The van der Waals surface area contributed by atoms with Crippen molar-refractivity contribution in [2.75, 3.05) is 19.9 Å². The number of aliphatic hydroxyl groups is 1. The van der Waals surface area contributed by atoms with E-state index in [9.17, 15) is 0 Å². The van der Waals surface area contributed by atoms with E-state index in [0.717, 1.165) is 0 Å². The van der Waals surface area contributed by atoms with Crippen molar-refractivity contribution in [2.24, 2.45) is 0 Å². The zero-order valence-electron chi connectivity index (χ0n) is 6.00. The van der Waals surface area contributed by atoms with Gasteiger partial charge in [-0.05, 0) is 20.3 Å². The highest BCUT2D eigenvalue weighted by Crippen LogP contribution is 2.37. The van der Waals surface area contributed by atoms with Gasteiger partial charge in [0.05, 0.1) is 19.0 Å². The third kappa shape index (κ3) is 8.57. The quantitative estimate of drug-likeness (QED) is 0.638. The minimum atomic E-state index is -1.55. The van der Waals surface area contributed by atoms with Crippen molar-refractivity contribution in [3.8, 4) is 0 Å². The van der Waals surface area contributed by atoms with Crippen molar-refractivity contribution in [3.05, 3.63) is 0 Å². The van der Waals surface area contributed by atoms with Crippen molar-refractivity contribution < 1.29 is 9.63 Å². The minimum Gasteiger partial charge on any atom is -0.391 e. The fourth-order valence-electron chi connectivity index (χ4n) is 0.287. The van der Waals surface area contributed by atoms with E-state index in [1.54, 1.807) is 6.92 Å². The van der Waals surface area contributed by atoms with Gasteiger partial charge >= 0.3 is 0 Å². The Morgan fingerprint density at radius 3 is 2.22 bits per heavy atom. The standard InChI is InChI=1S/C5H13O2PS/c1-5(6)4-7-8(2,3)9/h5-6H,4H2,1-3H3. The molecule has 4 heteroatoms. The molecule has 0 aromatic heterocycles. The predicted molar refractivity (Wildman–Crippen MR) is 43.8 cm³/mol. The highest BCUT2D eigenvalue weighted by atomic mass is 32.4. The first-order valence-corrected chi connectivity index (χ1v) is 6.41. The monoisotopic (exact) mass is 168 g/mol. The van der Waals surface area contributed by atoms with Crippen LogP contribution in [0.2, 0.25) is 0 Å². The largest absolute Gasteiger partial charge is 0.391 e. The lowest BCUT2D eigenvalue weighted by Crippen LogP contribution is -2.08. The minimum absolute atomic E-state index is 0.365. The summed E-state index contributed by atoms with van der Waals surface area (Å²) in [6.07, 6.45) is -1.94. The molecule has 0 saturated heterocycles. The van der Waals surface area contributed by atoms with Crippen LogP contribution in [0.4, 0.5) is 0 Å². The van der Waals surface area contributed by atoms with E-state index in [0.29, 0.717) is 6.61 Å². The molecule has 0 aliphatic rings. The molecule has 0 saturated carbocycles. The Morgan fingerprint density at radius 1 is 1.67 bits per heavy atom. The summed E-state index contributed by atoms with van der Waals surface area (Å²) in [5.74, 6) is 0. The van der Waals surface area contributed by atoms with Gasteiger partial charge in [0.2, 0.25) is 0 Å². The molecule has 9 heavy (non-hydrogen) atoms. The molecule has 0 rings (SSSR count). The third-order valence-electron chi connectivity index (χ3n) is 0.627. The Morgan fingerprint density at radius 2 is 2.11 bits per heavy atom. The van der Waals surface area contributed by atoms with Crippen LogP contribution in [0.3, 0.4) is 0 Å². The molecule has 1 atom stereocenters. The van der Waals surface area contributed by atoms with Gasteiger partial charge in [-0.1, -0.05) is 11.8 Å². The normalized spacial score (nSPS) is 15.6. The molecule has 1 unspecified atom stereocenters. The van der Waals surface area contributed by atoms with E-state index in [-0.39, 0.29) is 0 Å². The van der Waals surface area contributed by atoms with E-state index >= 15 is 0 Å². The zero-order valence-corrected chi connectivity index (χ0v) is 7.71. The van der Waals surface area contributed by atoms with Gasteiger partial charge in [0, 0.05) is 0 Å². The molecular formula is C5H13O2PS. The number of rotatable bonds is 3.